The first-order valence-corrected chi connectivity index (χ1v) is 6.58. The van der Waals surface area contributed by atoms with Crippen molar-refractivity contribution >= 4 is 11.9 Å². The number of hydrogen-bond acceptors (Lipinski definition) is 2. The van der Waals surface area contributed by atoms with E-state index in [2.05, 4.69) is 22.5 Å². The predicted molar refractivity (Wildman–Crippen MR) is 78.1 cm³/mol. The van der Waals surface area contributed by atoms with Crippen LogP contribution >= 0.6 is 0 Å². The van der Waals surface area contributed by atoms with E-state index < -0.39 is 0 Å². The highest BCUT2D eigenvalue weighted by atomic mass is 16.1. The maximum absolute atomic E-state index is 11.7. The van der Waals surface area contributed by atoms with E-state index in [4.69, 9.17) is 5.73 Å². The molecule has 0 bridgehead atoms. The van der Waals surface area contributed by atoms with Crippen LogP contribution in [0, 0.1) is 0 Å². The molecule has 0 saturated carbocycles. The molecule has 0 unspecified atom stereocenters. The molecule has 0 aromatic heterocycles. The quantitative estimate of drug-likeness (QED) is 0.533. The molecule has 0 heterocycles. The molecule has 0 aliphatic heterocycles. The van der Waals surface area contributed by atoms with E-state index in [9.17, 15) is 4.79 Å². The lowest BCUT2D eigenvalue weighted by Crippen LogP contribution is -2.32. The van der Waals surface area contributed by atoms with Gasteiger partial charge in [0.25, 0.3) is 5.91 Å². The fraction of sp³-hybridized carbons (Fsp3) is 0.429. The van der Waals surface area contributed by atoms with Crippen molar-refractivity contribution < 1.29 is 4.79 Å². The predicted octanol–water partition coefficient (Wildman–Crippen LogP) is 1.25. The monoisotopic (exact) mass is 262 g/mol. The standard InChI is InChI=1S/C14H22N4O/c1-3-8-17-14(15)18-10-11-6-5-7-12(9-11)13(19)16-4-2/h5-7,9H,3-4,8,10H2,1-2H3,(H,16,19)(H3,15,17,18). The van der Waals surface area contributed by atoms with Gasteiger partial charge in [-0.1, -0.05) is 19.1 Å². The fourth-order valence-corrected chi connectivity index (χ4v) is 1.56. The molecule has 0 spiro atoms. The summed E-state index contributed by atoms with van der Waals surface area (Å²) in [7, 11) is 0. The molecule has 0 radical (unpaired) electrons. The van der Waals surface area contributed by atoms with Gasteiger partial charge in [0.2, 0.25) is 0 Å². The first-order chi connectivity index (χ1) is 9.17. The number of benzene rings is 1. The van der Waals surface area contributed by atoms with Gasteiger partial charge in [0, 0.05) is 18.7 Å². The molecule has 104 valence electrons. The third-order valence-electron chi connectivity index (χ3n) is 2.51. The van der Waals surface area contributed by atoms with Gasteiger partial charge in [-0.2, -0.15) is 0 Å². The minimum absolute atomic E-state index is 0.0644. The average Bonchev–Trinajstić information content (AvgIpc) is 2.43. The molecule has 4 N–H and O–H groups in total. The minimum atomic E-state index is -0.0644. The second-order valence-electron chi connectivity index (χ2n) is 4.19. The Morgan fingerprint density at radius 3 is 2.79 bits per heavy atom. The van der Waals surface area contributed by atoms with Crippen molar-refractivity contribution in [2.24, 2.45) is 10.7 Å². The van der Waals surface area contributed by atoms with Gasteiger partial charge in [-0.3, -0.25) is 4.79 Å². The van der Waals surface area contributed by atoms with Crippen LogP contribution in [0.1, 0.15) is 36.2 Å². The molecule has 0 fully saturated rings. The van der Waals surface area contributed by atoms with Crippen molar-refractivity contribution in [1.29, 1.82) is 0 Å². The molecule has 0 aliphatic carbocycles. The van der Waals surface area contributed by atoms with Crippen molar-refractivity contribution in [2.75, 3.05) is 13.1 Å². The summed E-state index contributed by atoms with van der Waals surface area (Å²) in [6, 6.07) is 7.41. The third kappa shape index (κ3) is 5.42. The van der Waals surface area contributed by atoms with E-state index in [0.29, 0.717) is 24.6 Å². The Bertz CT molecular complexity index is 443. The van der Waals surface area contributed by atoms with Gasteiger partial charge in [-0.15, -0.1) is 0 Å². The Kier molecular flexibility index (Phi) is 6.43. The first kappa shape index (κ1) is 15.0. The normalized spacial score (nSPS) is 11.2. The zero-order valence-corrected chi connectivity index (χ0v) is 11.6. The van der Waals surface area contributed by atoms with Crippen molar-refractivity contribution in [2.45, 2.75) is 26.8 Å². The first-order valence-electron chi connectivity index (χ1n) is 6.58. The van der Waals surface area contributed by atoms with Gasteiger partial charge in [-0.05, 0) is 31.0 Å². The number of aliphatic imine (C=N–C) groups is 1. The highest BCUT2D eigenvalue weighted by molar-refractivity contribution is 5.94. The number of nitrogens with two attached hydrogens (primary N) is 1. The Hall–Kier alpha value is -2.04. The molecule has 0 aliphatic rings. The van der Waals surface area contributed by atoms with Gasteiger partial charge in [-0.25, -0.2) is 4.99 Å². The molecule has 1 amide bonds. The Labute approximate surface area is 114 Å². The van der Waals surface area contributed by atoms with Crippen molar-refractivity contribution in [3.63, 3.8) is 0 Å². The lowest BCUT2D eigenvalue weighted by molar-refractivity contribution is 0.0955. The highest BCUT2D eigenvalue weighted by Crippen LogP contribution is 2.06. The van der Waals surface area contributed by atoms with Gasteiger partial charge >= 0.3 is 0 Å². The number of carbonyl (C=O) groups excluding carboxylic acids is 1. The number of nitrogens with one attached hydrogen (secondary N) is 2. The lowest BCUT2D eigenvalue weighted by atomic mass is 10.1. The third-order valence-corrected chi connectivity index (χ3v) is 2.51. The summed E-state index contributed by atoms with van der Waals surface area (Å²) in [5.41, 5.74) is 7.32. The second-order valence-corrected chi connectivity index (χ2v) is 4.19. The van der Waals surface area contributed by atoms with Crippen molar-refractivity contribution in [3.05, 3.63) is 35.4 Å². The van der Waals surface area contributed by atoms with E-state index in [0.717, 1.165) is 18.5 Å². The largest absolute Gasteiger partial charge is 0.370 e. The Morgan fingerprint density at radius 2 is 2.11 bits per heavy atom. The summed E-state index contributed by atoms with van der Waals surface area (Å²) in [5, 5.41) is 5.78. The zero-order chi connectivity index (χ0) is 14.1. The highest BCUT2D eigenvalue weighted by Gasteiger charge is 2.04. The van der Waals surface area contributed by atoms with Crippen LogP contribution in [0.4, 0.5) is 0 Å². The number of guanidine groups is 1. The number of rotatable bonds is 6. The van der Waals surface area contributed by atoms with E-state index in [1.807, 2.05) is 25.1 Å². The lowest BCUT2D eigenvalue weighted by Gasteiger charge is -2.05. The minimum Gasteiger partial charge on any atom is -0.370 e. The molecule has 1 aromatic rings. The summed E-state index contributed by atoms with van der Waals surface area (Å²) < 4.78 is 0. The van der Waals surface area contributed by atoms with Gasteiger partial charge in [0.1, 0.15) is 0 Å². The van der Waals surface area contributed by atoms with Gasteiger partial charge in [0.15, 0.2) is 5.96 Å². The molecule has 0 saturated heterocycles. The average molecular weight is 262 g/mol. The van der Waals surface area contributed by atoms with Crippen molar-refractivity contribution in [3.8, 4) is 0 Å². The summed E-state index contributed by atoms with van der Waals surface area (Å²) in [6.07, 6.45) is 1.00. The SMILES string of the molecule is CCCNC(N)=NCc1cccc(C(=O)NCC)c1. The summed E-state index contributed by atoms with van der Waals surface area (Å²) in [4.78, 5) is 15.9. The summed E-state index contributed by atoms with van der Waals surface area (Å²) in [5.74, 6) is 0.371. The van der Waals surface area contributed by atoms with Crippen LogP contribution in [0.5, 0.6) is 0 Å². The molecule has 19 heavy (non-hydrogen) atoms. The second kappa shape index (κ2) is 8.13. The van der Waals surface area contributed by atoms with E-state index in [-0.39, 0.29) is 5.91 Å². The Morgan fingerprint density at radius 1 is 1.32 bits per heavy atom. The topological polar surface area (TPSA) is 79.5 Å². The van der Waals surface area contributed by atoms with E-state index in [1.165, 1.54) is 0 Å². The number of hydrogen-bond donors (Lipinski definition) is 3. The van der Waals surface area contributed by atoms with Crippen LogP contribution in [0.2, 0.25) is 0 Å². The van der Waals surface area contributed by atoms with Crippen LogP contribution in [0.15, 0.2) is 29.3 Å². The summed E-state index contributed by atoms with van der Waals surface area (Å²) in [6.45, 7) is 5.86. The zero-order valence-electron chi connectivity index (χ0n) is 11.6. The Balaban J connectivity index is 2.64. The fourth-order valence-electron chi connectivity index (χ4n) is 1.56. The molecular weight excluding hydrogens is 240 g/mol. The maximum Gasteiger partial charge on any atom is 0.251 e. The van der Waals surface area contributed by atoms with Crippen LogP contribution in [0.3, 0.4) is 0 Å². The summed E-state index contributed by atoms with van der Waals surface area (Å²) >= 11 is 0. The van der Waals surface area contributed by atoms with Gasteiger partial charge in [0.05, 0.1) is 6.54 Å². The molecular formula is C14H22N4O. The van der Waals surface area contributed by atoms with E-state index in [1.54, 1.807) is 6.07 Å². The molecule has 5 heteroatoms. The van der Waals surface area contributed by atoms with Crippen molar-refractivity contribution in [1.82, 2.24) is 10.6 Å². The molecule has 0 atom stereocenters. The molecule has 1 rings (SSSR count). The number of carbonyl (C=O) groups is 1. The van der Waals surface area contributed by atoms with Crippen LogP contribution in [-0.4, -0.2) is 25.0 Å². The van der Waals surface area contributed by atoms with E-state index >= 15 is 0 Å². The number of nitrogens with zero attached hydrogens (tertiary/aromatic N) is 1. The number of amides is 1. The van der Waals surface area contributed by atoms with Crippen LogP contribution in [0.25, 0.3) is 0 Å². The van der Waals surface area contributed by atoms with Crippen LogP contribution < -0.4 is 16.4 Å². The molecule has 1 aromatic carbocycles. The smallest absolute Gasteiger partial charge is 0.251 e. The van der Waals surface area contributed by atoms with Crippen LogP contribution in [-0.2, 0) is 6.54 Å². The van der Waals surface area contributed by atoms with Gasteiger partial charge < -0.3 is 16.4 Å². The maximum atomic E-state index is 11.7. The molecule has 5 nitrogen and oxygen atoms in total.